The molecule has 0 atom stereocenters. The molecule has 5 heteroatoms. The van der Waals surface area contributed by atoms with Crippen LogP contribution in [0.25, 0.3) is 0 Å². The summed E-state index contributed by atoms with van der Waals surface area (Å²) in [5, 5.41) is 0. The van der Waals surface area contributed by atoms with Gasteiger partial charge in [0.05, 0.1) is 19.8 Å². The summed E-state index contributed by atoms with van der Waals surface area (Å²) in [5.41, 5.74) is 10.1. The Morgan fingerprint density at radius 2 is 2.18 bits per heavy atom. The fourth-order valence-electron chi connectivity index (χ4n) is 0.473. The number of nitrogens with two attached hydrogens (primary N) is 2. The van der Waals surface area contributed by atoms with Gasteiger partial charge in [0.1, 0.15) is 6.29 Å². The van der Waals surface area contributed by atoms with Crippen LogP contribution in [0, 0.1) is 0 Å². The topological polar surface area (TPSA) is 90.7 Å². The Morgan fingerprint density at radius 1 is 1.45 bits per heavy atom. The van der Waals surface area contributed by atoms with Crippen LogP contribution in [0.1, 0.15) is 6.42 Å². The van der Waals surface area contributed by atoms with Gasteiger partial charge in [-0.25, -0.2) is 0 Å². The number of aldehydes is 1. The predicted octanol–water partition coefficient (Wildman–Crippen LogP) is -1.13. The van der Waals surface area contributed by atoms with E-state index in [2.05, 4.69) is 4.99 Å². The van der Waals surface area contributed by atoms with E-state index in [-0.39, 0.29) is 5.96 Å². The molecule has 0 unspecified atom stereocenters. The van der Waals surface area contributed by atoms with Crippen LogP contribution in [0.2, 0.25) is 0 Å². The fraction of sp³-hybridized carbons (Fsp3) is 0.667. The second-order valence-corrected chi connectivity index (χ2v) is 1.87. The molecule has 4 N–H and O–H groups in total. The molecule has 0 heterocycles. The molecule has 0 fully saturated rings. The summed E-state index contributed by atoms with van der Waals surface area (Å²) in [5.74, 6) is 0.0592. The Kier molecular flexibility index (Phi) is 6.31. The SMILES string of the molecule is NC(N)=NCCOCCC=O. The van der Waals surface area contributed by atoms with E-state index in [1.165, 1.54) is 0 Å². The molecule has 11 heavy (non-hydrogen) atoms. The molecule has 0 aromatic rings. The van der Waals surface area contributed by atoms with Gasteiger partial charge in [0, 0.05) is 6.42 Å². The van der Waals surface area contributed by atoms with Gasteiger partial charge in [0.2, 0.25) is 0 Å². The summed E-state index contributed by atoms with van der Waals surface area (Å²) in [7, 11) is 0. The summed E-state index contributed by atoms with van der Waals surface area (Å²) in [4.78, 5) is 13.5. The smallest absolute Gasteiger partial charge is 0.185 e. The van der Waals surface area contributed by atoms with Gasteiger partial charge < -0.3 is 21.0 Å². The van der Waals surface area contributed by atoms with Gasteiger partial charge in [-0.1, -0.05) is 0 Å². The molecule has 0 rings (SSSR count). The minimum absolute atomic E-state index is 0.0592. The summed E-state index contributed by atoms with van der Waals surface area (Å²) in [6.07, 6.45) is 1.22. The largest absolute Gasteiger partial charge is 0.379 e. The van der Waals surface area contributed by atoms with Crippen molar-refractivity contribution in [2.75, 3.05) is 19.8 Å². The number of rotatable bonds is 6. The van der Waals surface area contributed by atoms with Crippen molar-refractivity contribution in [2.24, 2.45) is 16.5 Å². The van der Waals surface area contributed by atoms with Crippen LogP contribution >= 0.6 is 0 Å². The minimum atomic E-state index is 0.0592. The van der Waals surface area contributed by atoms with Crippen molar-refractivity contribution in [3.8, 4) is 0 Å². The molecule has 0 aromatic heterocycles. The minimum Gasteiger partial charge on any atom is -0.379 e. The highest BCUT2D eigenvalue weighted by Crippen LogP contribution is 1.78. The number of hydrogen-bond donors (Lipinski definition) is 2. The first kappa shape index (κ1) is 9.90. The Bertz CT molecular complexity index is 132. The van der Waals surface area contributed by atoms with Crippen molar-refractivity contribution in [2.45, 2.75) is 6.42 Å². The summed E-state index contributed by atoms with van der Waals surface area (Å²) in [6.45, 7) is 1.33. The number of carbonyl (C=O) groups excluding carboxylic acids is 1. The number of nitrogens with zero attached hydrogens (tertiary/aromatic N) is 1. The second kappa shape index (κ2) is 7.01. The molecule has 0 saturated carbocycles. The van der Waals surface area contributed by atoms with E-state index in [4.69, 9.17) is 16.2 Å². The lowest BCUT2D eigenvalue weighted by atomic mass is 10.5. The van der Waals surface area contributed by atoms with E-state index < -0.39 is 0 Å². The highest BCUT2D eigenvalue weighted by molar-refractivity contribution is 5.75. The molecule has 0 aliphatic heterocycles. The second-order valence-electron chi connectivity index (χ2n) is 1.87. The Hall–Kier alpha value is -1.10. The van der Waals surface area contributed by atoms with Crippen LogP contribution in [0.5, 0.6) is 0 Å². The monoisotopic (exact) mass is 159 g/mol. The zero-order valence-corrected chi connectivity index (χ0v) is 6.32. The zero-order chi connectivity index (χ0) is 8.53. The summed E-state index contributed by atoms with van der Waals surface area (Å²) >= 11 is 0. The third-order valence-electron chi connectivity index (χ3n) is 0.910. The zero-order valence-electron chi connectivity index (χ0n) is 6.32. The quantitative estimate of drug-likeness (QED) is 0.222. The Morgan fingerprint density at radius 3 is 2.73 bits per heavy atom. The van der Waals surface area contributed by atoms with Crippen molar-refractivity contribution in [3.63, 3.8) is 0 Å². The maximum Gasteiger partial charge on any atom is 0.185 e. The van der Waals surface area contributed by atoms with Crippen molar-refractivity contribution in [1.82, 2.24) is 0 Å². The third kappa shape index (κ3) is 8.90. The molecule has 0 spiro atoms. The van der Waals surface area contributed by atoms with Crippen molar-refractivity contribution in [3.05, 3.63) is 0 Å². The first-order valence-electron chi connectivity index (χ1n) is 3.34. The number of hydrogen-bond acceptors (Lipinski definition) is 3. The van der Waals surface area contributed by atoms with Gasteiger partial charge in [-0.3, -0.25) is 4.99 Å². The highest BCUT2D eigenvalue weighted by atomic mass is 16.5. The predicted molar refractivity (Wildman–Crippen MR) is 42.2 cm³/mol. The maximum atomic E-state index is 9.80. The number of aliphatic imine (C=N–C) groups is 1. The van der Waals surface area contributed by atoms with Gasteiger partial charge in [0.15, 0.2) is 5.96 Å². The van der Waals surface area contributed by atoms with Gasteiger partial charge in [-0.2, -0.15) is 0 Å². The van der Waals surface area contributed by atoms with E-state index in [0.29, 0.717) is 26.2 Å². The first-order valence-corrected chi connectivity index (χ1v) is 3.34. The van der Waals surface area contributed by atoms with Crippen molar-refractivity contribution in [1.29, 1.82) is 0 Å². The van der Waals surface area contributed by atoms with Gasteiger partial charge >= 0.3 is 0 Å². The van der Waals surface area contributed by atoms with Gasteiger partial charge in [-0.15, -0.1) is 0 Å². The van der Waals surface area contributed by atoms with Crippen LogP contribution in [0.15, 0.2) is 4.99 Å². The molecule has 0 amide bonds. The normalized spacial score (nSPS) is 9.09. The number of guanidine groups is 1. The van der Waals surface area contributed by atoms with Gasteiger partial charge in [-0.05, 0) is 0 Å². The standard InChI is InChI=1S/C6H13N3O2/c7-6(8)9-2-5-11-4-1-3-10/h3H,1-2,4-5H2,(H4,7,8,9). The van der Waals surface area contributed by atoms with Crippen LogP contribution in [-0.2, 0) is 9.53 Å². The fourth-order valence-corrected chi connectivity index (χ4v) is 0.473. The lowest BCUT2D eigenvalue weighted by molar-refractivity contribution is -0.108. The third-order valence-corrected chi connectivity index (χ3v) is 0.910. The molecular weight excluding hydrogens is 146 g/mol. The van der Waals surface area contributed by atoms with E-state index in [0.717, 1.165) is 6.29 Å². The van der Waals surface area contributed by atoms with Crippen molar-refractivity contribution < 1.29 is 9.53 Å². The van der Waals surface area contributed by atoms with E-state index in [1.54, 1.807) is 0 Å². The summed E-state index contributed by atoms with van der Waals surface area (Å²) < 4.78 is 4.97. The van der Waals surface area contributed by atoms with Crippen LogP contribution in [0.3, 0.4) is 0 Å². The average Bonchev–Trinajstić information content (AvgIpc) is 1.96. The molecule has 0 radical (unpaired) electrons. The lowest BCUT2D eigenvalue weighted by Crippen LogP contribution is -2.23. The number of ether oxygens (including phenoxy) is 1. The van der Waals surface area contributed by atoms with E-state index in [9.17, 15) is 4.79 Å². The van der Waals surface area contributed by atoms with E-state index in [1.807, 2.05) is 0 Å². The molecule has 0 aliphatic carbocycles. The molecule has 0 bridgehead atoms. The lowest BCUT2D eigenvalue weighted by Gasteiger charge is -1.97. The Balaban J connectivity index is 3.02. The first-order chi connectivity index (χ1) is 5.27. The van der Waals surface area contributed by atoms with Crippen LogP contribution in [0.4, 0.5) is 0 Å². The average molecular weight is 159 g/mol. The summed E-state index contributed by atoms with van der Waals surface area (Å²) in [6, 6.07) is 0. The molecule has 0 saturated heterocycles. The molecular formula is C6H13N3O2. The van der Waals surface area contributed by atoms with Crippen molar-refractivity contribution >= 4 is 12.2 Å². The molecule has 0 aliphatic rings. The molecule has 0 aromatic carbocycles. The molecule has 64 valence electrons. The van der Waals surface area contributed by atoms with E-state index >= 15 is 0 Å². The highest BCUT2D eigenvalue weighted by Gasteiger charge is 1.86. The van der Waals surface area contributed by atoms with Gasteiger partial charge in [0.25, 0.3) is 0 Å². The maximum absolute atomic E-state index is 9.80. The number of carbonyl (C=O) groups is 1. The Labute approximate surface area is 65.4 Å². The molecule has 5 nitrogen and oxygen atoms in total. The van der Waals surface area contributed by atoms with Crippen LogP contribution < -0.4 is 11.5 Å². The van der Waals surface area contributed by atoms with Crippen LogP contribution in [-0.4, -0.2) is 32.0 Å².